The van der Waals surface area contributed by atoms with Crippen LogP contribution in [-0.4, -0.2) is 44.2 Å². The Kier molecular flexibility index (Phi) is 4.62. The van der Waals surface area contributed by atoms with E-state index in [0.717, 1.165) is 54.0 Å². The molecule has 0 radical (unpaired) electrons. The SMILES string of the molecule is Cc1cc2c(cc1Cl)C(=O)CC1(CCN(c3ncnc4c3cnn4-c3ccccc3)CC1)O2. The van der Waals surface area contributed by atoms with Gasteiger partial charge in [-0.1, -0.05) is 29.8 Å². The topological polar surface area (TPSA) is 73.1 Å². The van der Waals surface area contributed by atoms with Crippen molar-refractivity contribution in [3.05, 3.63) is 71.1 Å². The summed E-state index contributed by atoms with van der Waals surface area (Å²) in [4.78, 5) is 24.2. The number of piperidine rings is 1. The van der Waals surface area contributed by atoms with Crippen LogP contribution in [0.3, 0.4) is 0 Å². The average Bonchev–Trinajstić information content (AvgIpc) is 3.26. The Morgan fingerprint density at radius 3 is 2.67 bits per heavy atom. The molecule has 2 aromatic heterocycles. The second-order valence-electron chi connectivity index (χ2n) is 8.80. The van der Waals surface area contributed by atoms with Gasteiger partial charge in [-0.25, -0.2) is 14.6 Å². The van der Waals surface area contributed by atoms with Crippen LogP contribution in [0, 0.1) is 6.92 Å². The van der Waals surface area contributed by atoms with Crippen molar-refractivity contribution in [2.45, 2.75) is 31.8 Å². The quantitative estimate of drug-likeness (QED) is 0.429. The largest absolute Gasteiger partial charge is 0.486 e. The van der Waals surface area contributed by atoms with Crippen LogP contribution in [0.4, 0.5) is 5.82 Å². The van der Waals surface area contributed by atoms with Crippen molar-refractivity contribution in [3.8, 4) is 11.4 Å². The highest BCUT2D eigenvalue weighted by Crippen LogP contribution is 2.42. The van der Waals surface area contributed by atoms with E-state index in [0.29, 0.717) is 22.8 Å². The highest BCUT2D eigenvalue weighted by Gasteiger charge is 2.43. The van der Waals surface area contributed by atoms with Gasteiger partial charge in [0.25, 0.3) is 0 Å². The third kappa shape index (κ3) is 3.35. The number of halogens is 1. The molecular formula is C25H22ClN5O2. The molecule has 1 saturated heterocycles. The summed E-state index contributed by atoms with van der Waals surface area (Å²) in [6, 6.07) is 13.6. The lowest BCUT2D eigenvalue weighted by atomic mass is 9.82. The van der Waals surface area contributed by atoms with Crippen molar-refractivity contribution >= 4 is 34.2 Å². The molecule has 33 heavy (non-hydrogen) atoms. The van der Waals surface area contributed by atoms with E-state index in [1.807, 2.05) is 54.2 Å². The van der Waals surface area contributed by atoms with Gasteiger partial charge in [-0.2, -0.15) is 5.10 Å². The van der Waals surface area contributed by atoms with E-state index in [9.17, 15) is 4.79 Å². The van der Waals surface area contributed by atoms with Crippen LogP contribution >= 0.6 is 11.6 Å². The van der Waals surface area contributed by atoms with Crippen molar-refractivity contribution in [3.63, 3.8) is 0 Å². The third-order valence-electron chi connectivity index (χ3n) is 6.69. The van der Waals surface area contributed by atoms with E-state index in [4.69, 9.17) is 16.3 Å². The Morgan fingerprint density at radius 2 is 1.88 bits per heavy atom. The number of nitrogens with zero attached hydrogens (tertiary/aromatic N) is 5. The van der Waals surface area contributed by atoms with Crippen LogP contribution in [0.25, 0.3) is 16.7 Å². The zero-order chi connectivity index (χ0) is 22.6. The molecule has 4 heterocycles. The molecular weight excluding hydrogens is 438 g/mol. The van der Waals surface area contributed by atoms with Gasteiger partial charge in [0, 0.05) is 31.0 Å². The summed E-state index contributed by atoms with van der Waals surface area (Å²) < 4.78 is 8.28. The maximum atomic E-state index is 12.9. The van der Waals surface area contributed by atoms with Crippen molar-refractivity contribution in [1.82, 2.24) is 19.7 Å². The highest BCUT2D eigenvalue weighted by atomic mass is 35.5. The number of carbonyl (C=O) groups excluding carboxylic acids is 1. The maximum absolute atomic E-state index is 12.9. The van der Waals surface area contributed by atoms with E-state index in [2.05, 4.69) is 20.0 Å². The molecule has 0 bridgehead atoms. The molecule has 0 atom stereocenters. The zero-order valence-electron chi connectivity index (χ0n) is 18.2. The van der Waals surface area contributed by atoms with Crippen molar-refractivity contribution in [2.24, 2.45) is 0 Å². The summed E-state index contributed by atoms with van der Waals surface area (Å²) in [5.74, 6) is 1.61. The number of ketones is 1. The number of aryl methyl sites for hydroxylation is 1. The third-order valence-corrected chi connectivity index (χ3v) is 7.10. The minimum atomic E-state index is -0.485. The van der Waals surface area contributed by atoms with Gasteiger partial charge in [0.2, 0.25) is 0 Å². The van der Waals surface area contributed by atoms with Gasteiger partial charge in [0.1, 0.15) is 23.5 Å². The summed E-state index contributed by atoms with van der Waals surface area (Å²) in [6.45, 7) is 3.39. The van der Waals surface area contributed by atoms with Gasteiger partial charge in [-0.3, -0.25) is 4.79 Å². The number of aromatic nitrogens is 4. The number of anilines is 1. The number of Topliss-reactive ketones (excluding diaryl/α,β-unsaturated/α-hetero) is 1. The molecule has 1 fully saturated rings. The number of para-hydroxylation sites is 1. The molecule has 166 valence electrons. The predicted octanol–water partition coefficient (Wildman–Crippen LogP) is 4.78. The van der Waals surface area contributed by atoms with Gasteiger partial charge in [0.15, 0.2) is 11.4 Å². The first kappa shape index (κ1) is 20.2. The average molecular weight is 460 g/mol. The fourth-order valence-electron chi connectivity index (χ4n) is 4.86. The Bertz CT molecular complexity index is 1380. The molecule has 0 amide bonds. The van der Waals surface area contributed by atoms with Crippen LogP contribution in [-0.2, 0) is 0 Å². The number of carbonyl (C=O) groups is 1. The van der Waals surface area contributed by atoms with Gasteiger partial charge in [-0.05, 0) is 36.8 Å². The molecule has 0 saturated carbocycles. The highest BCUT2D eigenvalue weighted by molar-refractivity contribution is 6.31. The molecule has 1 spiro atoms. The van der Waals surface area contributed by atoms with Crippen molar-refractivity contribution in [2.75, 3.05) is 18.0 Å². The molecule has 0 unspecified atom stereocenters. The van der Waals surface area contributed by atoms with Gasteiger partial charge in [-0.15, -0.1) is 0 Å². The molecule has 2 aliphatic heterocycles. The van der Waals surface area contributed by atoms with Crippen LogP contribution in [0.5, 0.6) is 5.75 Å². The van der Waals surface area contributed by atoms with Crippen LogP contribution < -0.4 is 9.64 Å². The van der Waals surface area contributed by atoms with E-state index >= 15 is 0 Å². The molecule has 0 aliphatic carbocycles. The Hall–Kier alpha value is -3.45. The first-order chi connectivity index (χ1) is 16.0. The summed E-state index contributed by atoms with van der Waals surface area (Å²) in [6.07, 6.45) is 5.26. The zero-order valence-corrected chi connectivity index (χ0v) is 18.9. The summed E-state index contributed by atoms with van der Waals surface area (Å²) in [5.41, 5.74) is 2.75. The van der Waals surface area contributed by atoms with Crippen LogP contribution in [0.1, 0.15) is 35.2 Å². The number of benzene rings is 2. The fourth-order valence-corrected chi connectivity index (χ4v) is 5.02. The van der Waals surface area contributed by atoms with Crippen molar-refractivity contribution < 1.29 is 9.53 Å². The van der Waals surface area contributed by atoms with Gasteiger partial charge < -0.3 is 9.64 Å². The number of ether oxygens (including phenoxy) is 1. The predicted molar refractivity (Wildman–Crippen MR) is 127 cm³/mol. The van der Waals surface area contributed by atoms with Gasteiger partial charge >= 0.3 is 0 Å². The Labute approximate surface area is 196 Å². The molecule has 6 rings (SSSR count). The lowest BCUT2D eigenvalue weighted by molar-refractivity contribution is 0.0231. The van der Waals surface area contributed by atoms with E-state index in [1.54, 1.807) is 12.4 Å². The van der Waals surface area contributed by atoms with E-state index in [-0.39, 0.29) is 5.78 Å². The molecule has 0 N–H and O–H groups in total. The first-order valence-corrected chi connectivity index (χ1v) is 11.4. The summed E-state index contributed by atoms with van der Waals surface area (Å²) in [7, 11) is 0. The monoisotopic (exact) mass is 459 g/mol. The number of hydrogen-bond acceptors (Lipinski definition) is 6. The Balaban J connectivity index is 1.27. The maximum Gasteiger partial charge on any atom is 0.170 e. The van der Waals surface area contributed by atoms with Crippen molar-refractivity contribution in [1.29, 1.82) is 0 Å². The van der Waals surface area contributed by atoms with Crippen LogP contribution in [0.2, 0.25) is 5.02 Å². The standard InChI is InChI=1S/C25H22ClN5O2/c1-16-11-22-18(12-20(16)26)21(32)13-25(33-22)7-9-30(10-8-25)23-19-14-29-31(24(19)28-15-27-23)17-5-3-2-4-6-17/h2-6,11-12,14-15H,7-10,13H2,1H3. The summed E-state index contributed by atoms with van der Waals surface area (Å²) in [5, 5.41) is 6.07. The van der Waals surface area contributed by atoms with Gasteiger partial charge in [0.05, 0.1) is 29.3 Å². The molecule has 7 nitrogen and oxygen atoms in total. The molecule has 8 heteroatoms. The molecule has 2 aromatic carbocycles. The Morgan fingerprint density at radius 1 is 1.09 bits per heavy atom. The number of hydrogen-bond donors (Lipinski definition) is 0. The smallest absolute Gasteiger partial charge is 0.170 e. The lowest BCUT2D eigenvalue weighted by Gasteiger charge is -2.44. The van der Waals surface area contributed by atoms with Crippen LogP contribution in [0.15, 0.2) is 55.0 Å². The molecule has 4 aromatic rings. The number of fused-ring (bicyclic) bond motifs is 2. The second-order valence-corrected chi connectivity index (χ2v) is 9.20. The normalized spacial score (nSPS) is 17.3. The minimum Gasteiger partial charge on any atom is -0.486 e. The van der Waals surface area contributed by atoms with E-state index < -0.39 is 5.60 Å². The molecule has 2 aliphatic rings. The fraction of sp³-hybridized carbons (Fsp3) is 0.280. The second kappa shape index (κ2) is 7.56. The summed E-state index contributed by atoms with van der Waals surface area (Å²) >= 11 is 6.23. The minimum absolute atomic E-state index is 0.0974. The number of rotatable bonds is 2. The first-order valence-electron chi connectivity index (χ1n) is 11.0. The lowest BCUT2D eigenvalue weighted by Crippen LogP contribution is -2.51. The van der Waals surface area contributed by atoms with E-state index in [1.165, 1.54) is 0 Å².